The lowest BCUT2D eigenvalue weighted by molar-refractivity contribution is 0.318. The van der Waals surface area contributed by atoms with Gasteiger partial charge < -0.3 is 10.9 Å². The van der Waals surface area contributed by atoms with Crippen LogP contribution in [0.5, 0.6) is 0 Å². The molecule has 2 aromatic heterocycles. The third-order valence-corrected chi connectivity index (χ3v) is 3.23. The topological polar surface area (TPSA) is 89.3 Å². The van der Waals surface area contributed by atoms with Crippen molar-refractivity contribution in [2.24, 2.45) is 10.9 Å². The molecule has 3 aromatic rings. The van der Waals surface area contributed by atoms with Crippen molar-refractivity contribution >= 4 is 16.9 Å². The molecule has 0 spiro atoms. The molecule has 3 rings (SSSR count). The van der Waals surface area contributed by atoms with Crippen molar-refractivity contribution in [3.05, 3.63) is 59.4 Å². The van der Waals surface area contributed by atoms with E-state index in [1.807, 2.05) is 0 Å². The first kappa shape index (κ1) is 13.9. The van der Waals surface area contributed by atoms with Crippen LogP contribution in [0.1, 0.15) is 11.3 Å². The van der Waals surface area contributed by atoms with Crippen LogP contribution in [0.2, 0.25) is 0 Å². The van der Waals surface area contributed by atoms with Gasteiger partial charge in [0.05, 0.1) is 11.9 Å². The summed E-state index contributed by atoms with van der Waals surface area (Å²) in [6.45, 7) is -0.162. The van der Waals surface area contributed by atoms with Gasteiger partial charge in [0.1, 0.15) is 17.3 Å². The van der Waals surface area contributed by atoms with E-state index in [9.17, 15) is 8.78 Å². The van der Waals surface area contributed by atoms with Gasteiger partial charge in [0, 0.05) is 11.8 Å². The van der Waals surface area contributed by atoms with Gasteiger partial charge in [-0.05, 0) is 24.3 Å². The van der Waals surface area contributed by atoms with E-state index >= 15 is 0 Å². The lowest BCUT2D eigenvalue weighted by Gasteiger charge is -2.05. The maximum absolute atomic E-state index is 13.8. The molecule has 6 nitrogen and oxygen atoms in total. The van der Waals surface area contributed by atoms with Crippen molar-refractivity contribution in [1.29, 1.82) is 0 Å². The molecule has 8 heteroatoms. The summed E-state index contributed by atoms with van der Waals surface area (Å²) in [5.74, 6) is -1.55. The van der Waals surface area contributed by atoms with Gasteiger partial charge in [0.15, 0.2) is 11.5 Å². The Morgan fingerprint density at radius 2 is 1.95 bits per heavy atom. The molecule has 0 saturated carbocycles. The molecule has 3 N–H and O–H groups in total. The second-order valence-corrected chi connectivity index (χ2v) is 4.57. The number of oxime groups is 1. The van der Waals surface area contributed by atoms with Crippen LogP contribution in [-0.2, 0) is 6.54 Å². The summed E-state index contributed by atoms with van der Waals surface area (Å²) in [7, 11) is 0. The molecule has 0 aliphatic carbocycles. The Labute approximate surface area is 123 Å². The van der Waals surface area contributed by atoms with E-state index in [2.05, 4.69) is 15.2 Å². The minimum atomic E-state index is -0.676. The van der Waals surface area contributed by atoms with Gasteiger partial charge in [-0.3, -0.25) is 0 Å². The second kappa shape index (κ2) is 5.40. The molecule has 0 unspecified atom stereocenters. The van der Waals surface area contributed by atoms with Gasteiger partial charge in [0.25, 0.3) is 0 Å². The number of halogens is 2. The maximum atomic E-state index is 13.8. The van der Waals surface area contributed by atoms with Crippen molar-refractivity contribution in [1.82, 2.24) is 14.8 Å². The number of aromatic nitrogens is 3. The molecule has 1 aromatic carbocycles. The fourth-order valence-corrected chi connectivity index (χ4v) is 2.19. The van der Waals surface area contributed by atoms with E-state index < -0.39 is 11.6 Å². The summed E-state index contributed by atoms with van der Waals surface area (Å²) in [6.07, 6.45) is 1.52. The van der Waals surface area contributed by atoms with Gasteiger partial charge in [-0.2, -0.15) is 5.10 Å². The zero-order valence-corrected chi connectivity index (χ0v) is 11.2. The fraction of sp³-hybridized carbons (Fsp3) is 0.0714. The summed E-state index contributed by atoms with van der Waals surface area (Å²) in [5, 5.41) is 16.4. The third kappa shape index (κ3) is 2.24. The zero-order chi connectivity index (χ0) is 15.7. The van der Waals surface area contributed by atoms with Crippen molar-refractivity contribution in [2.45, 2.75) is 6.54 Å². The average molecular weight is 303 g/mol. The summed E-state index contributed by atoms with van der Waals surface area (Å²) in [5.41, 5.74) is 6.02. The molecule has 112 valence electrons. The van der Waals surface area contributed by atoms with Crippen LogP contribution < -0.4 is 5.73 Å². The number of fused-ring (bicyclic) bond motifs is 1. The fourth-order valence-electron chi connectivity index (χ4n) is 2.19. The second-order valence-electron chi connectivity index (χ2n) is 4.57. The monoisotopic (exact) mass is 303 g/mol. The Balaban J connectivity index is 2.16. The SMILES string of the molecule is N/C(=N/O)c1nn(Cc2c(F)cccc2F)c2ncccc12. The smallest absolute Gasteiger partial charge is 0.191 e. The highest BCUT2D eigenvalue weighted by atomic mass is 19.1. The standard InChI is InChI=1S/C14H11F2N5O/c15-10-4-1-5-11(16)9(10)7-21-14-8(3-2-6-18-14)12(19-21)13(17)20-22/h1-6,22H,7H2,(H2,17,20). The maximum Gasteiger partial charge on any atom is 0.191 e. The highest BCUT2D eigenvalue weighted by Gasteiger charge is 2.17. The van der Waals surface area contributed by atoms with Crippen molar-refractivity contribution < 1.29 is 14.0 Å². The molecular formula is C14H11F2N5O. The van der Waals surface area contributed by atoms with Crippen LogP contribution >= 0.6 is 0 Å². The first-order valence-electron chi connectivity index (χ1n) is 6.34. The number of pyridine rings is 1. The van der Waals surface area contributed by atoms with Gasteiger partial charge in [-0.15, -0.1) is 0 Å². The molecule has 0 aliphatic heterocycles. The Hall–Kier alpha value is -3.03. The summed E-state index contributed by atoms with van der Waals surface area (Å²) in [4.78, 5) is 4.14. The molecule has 0 fully saturated rings. The highest BCUT2D eigenvalue weighted by Crippen LogP contribution is 2.19. The van der Waals surface area contributed by atoms with E-state index in [1.54, 1.807) is 12.1 Å². The predicted molar refractivity (Wildman–Crippen MR) is 75.5 cm³/mol. The van der Waals surface area contributed by atoms with Gasteiger partial charge in [0.2, 0.25) is 0 Å². The Bertz CT molecular complexity index is 855. The van der Waals surface area contributed by atoms with E-state index in [0.717, 1.165) is 0 Å². The normalized spacial score (nSPS) is 12.0. The average Bonchev–Trinajstić information content (AvgIpc) is 2.89. The Morgan fingerprint density at radius 1 is 1.23 bits per heavy atom. The van der Waals surface area contributed by atoms with Crippen molar-refractivity contribution in [3.63, 3.8) is 0 Å². The van der Waals surface area contributed by atoms with Crippen LogP contribution in [-0.4, -0.2) is 25.8 Å². The molecule has 0 aliphatic rings. The lowest BCUT2D eigenvalue weighted by atomic mass is 10.2. The van der Waals surface area contributed by atoms with Crippen LogP contribution in [0.15, 0.2) is 41.7 Å². The molecular weight excluding hydrogens is 292 g/mol. The molecule has 2 heterocycles. The predicted octanol–water partition coefficient (Wildman–Crippen LogP) is 1.85. The number of hydrogen-bond acceptors (Lipinski definition) is 4. The zero-order valence-electron chi connectivity index (χ0n) is 11.2. The molecule has 22 heavy (non-hydrogen) atoms. The van der Waals surface area contributed by atoms with E-state index in [-0.39, 0.29) is 23.6 Å². The number of rotatable bonds is 3. The number of hydrogen-bond donors (Lipinski definition) is 2. The van der Waals surface area contributed by atoms with Crippen LogP contribution in [0.25, 0.3) is 11.0 Å². The van der Waals surface area contributed by atoms with Gasteiger partial charge in [-0.1, -0.05) is 11.2 Å². The number of amidine groups is 1. The van der Waals surface area contributed by atoms with Gasteiger partial charge in [-0.25, -0.2) is 18.4 Å². The third-order valence-electron chi connectivity index (χ3n) is 3.23. The van der Waals surface area contributed by atoms with Gasteiger partial charge >= 0.3 is 0 Å². The van der Waals surface area contributed by atoms with E-state index in [1.165, 1.54) is 29.1 Å². The van der Waals surface area contributed by atoms with E-state index in [0.29, 0.717) is 11.0 Å². The van der Waals surface area contributed by atoms with Crippen LogP contribution in [0, 0.1) is 11.6 Å². The van der Waals surface area contributed by atoms with Crippen molar-refractivity contribution in [2.75, 3.05) is 0 Å². The molecule has 0 radical (unpaired) electrons. The van der Waals surface area contributed by atoms with Crippen LogP contribution in [0.3, 0.4) is 0 Å². The first-order valence-corrected chi connectivity index (χ1v) is 6.34. The largest absolute Gasteiger partial charge is 0.409 e. The number of benzene rings is 1. The molecule has 0 bridgehead atoms. The minimum Gasteiger partial charge on any atom is -0.409 e. The molecule has 0 atom stereocenters. The lowest BCUT2D eigenvalue weighted by Crippen LogP contribution is -2.15. The Morgan fingerprint density at radius 3 is 2.64 bits per heavy atom. The summed E-state index contributed by atoms with van der Waals surface area (Å²) < 4.78 is 28.9. The number of nitrogens with zero attached hydrogens (tertiary/aromatic N) is 4. The molecule has 0 amide bonds. The summed E-state index contributed by atoms with van der Waals surface area (Å²) in [6, 6.07) is 6.96. The number of nitrogens with two attached hydrogens (primary N) is 1. The Kier molecular flexibility index (Phi) is 3.42. The first-order chi connectivity index (χ1) is 10.6. The highest BCUT2D eigenvalue weighted by molar-refractivity contribution is 6.05. The van der Waals surface area contributed by atoms with Crippen LogP contribution in [0.4, 0.5) is 8.78 Å². The van der Waals surface area contributed by atoms with E-state index in [4.69, 9.17) is 10.9 Å². The minimum absolute atomic E-state index is 0.136. The van der Waals surface area contributed by atoms with Crippen molar-refractivity contribution in [3.8, 4) is 0 Å². The molecule has 0 saturated heterocycles. The summed E-state index contributed by atoms with van der Waals surface area (Å²) >= 11 is 0. The quantitative estimate of drug-likeness (QED) is 0.334.